The van der Waals surface area contributed by atoms with E-state index >= 15 is 4.39 Å². The normalized spacial score (nSPS) is 18.4. The molecule has 1 amide bonds. The van der Waals surface area contributed by atoms with Gasteiger partial charge in [0.1, 0.15) is 12.1 Å². The van der Waals surface area contributed by atoms with Crippen LogP contribution in [0.15, 0.2) is 54.9 Å². The number of amides is 1. The van der Waals surface area contributed by atoms with Gasteiger partial charge in [-0.3, -0.25) is 4.79 Å². The lowest BCUT2D eigenvalue weighted by Gasteiger charge is -2.33. The predicted molar refractivity (Wildman–Crippen MR) is 155 cm³/mol. The summed E-state index contributed by atoms with van der Waals surface area (Å²) in [4.78, 5) is 25.7. The molecule has 10 heteroatoms. The van der Waals surface area contributed by atoms with Crippen molar-refractivity contribution in [2.45, 2.75) is 44.1 Å². The third kappa shape index (κ3) is 5.63. The van der Waals surface area contributed by atoms with Crippen molar-refractivity contribution in [3.63, 3.8) is 0 Å². The predicted octanol–water partition coefficient (Wildman–Crippen LogP) is 4.72. The molecule has 4 aromatic rings. The molecule has 9 nitrogen and oxygen atoms in total. The number of nitriles is 1. The van der Waals surface area contributed by atoms with E-state index in [1.807, 2.05) is 42.6 Å². The Bertz CT molecular complexity index is 1590. The molecule has 0 unspecified atom stereocenters. The fourth-order valence-corrected chi connectivity index (χ4v) is 5.91. The Kier molecular flexibility index (Phi) is 7.61. The van der Waals surface area contributed by atoms with E-state index in [0.29, 0.717) is 36.0 Å². The summed E-state index contributed by atoms with van der Waals surface area (Å²) in [5, 5.41) is 16.7. The molecule has 0 aliphatic carbocycles. The number of piperidine rings is 2. The average Bonchev–Trinajstić information content (AvgIpc) is 3.43. The van der Waals surface area contributed by atoms with Crippen molar-refractivity contribution in [2.24, 2.45) is 0 Å². The smallest absolute Gasteiger partial charge is 0.236 e. The number of fused-ring (bicyclic) bond motifs is 1. The number of anilines is 1. The summed E-state index contributed by atoms with van der Waals surface area (Å²) >= 11 is 0. The van der Waals surface area contributed by atoms with Gasteiger partial charge >= 0.3 is 0 Å². The molecule has 0 radical (unpaired) electrons. The molecule has 0 saturated carbocycles. The third-order valence-electron chi connectivity index (χ3n) is 8.24. The highest BCUT2D eigenvalue weighted by Crippen LogP contribution is 2.33. The maximum absolute atomic E-state index is 16.2. The maximum Gasteiger partial charge on any atom is 0.236 e. The zero-order chi connectivity index (χ0) is 28.3. The monoisotopic (exact) mass is 552 g/mol. The van der Waals surface area contributed by atoms with Crippen molar-refractivity contribution in [3.8, 4) is 28.7 Å². The number of hydrogen-bond donors (Lipinski definition) is 1. The van der Waals surface area contributed by atoms with Gasteiger partial charge in [0.15, 0.2) is 17.5 Å². The van der Waals surface area contributed by atoms with E-state index in [9.17, 15) is 4.79 Å². The zero-order valence-corrected chi connectivity index (χ0v) is 23.1. The SMILES string of the molecule is CN1CCC(c2ccc(-c3nc(-c4cnn5ccccc45)nc(N[C@@H]4CCCN(C(=O)CC#N)C4)c3F)cc2)CC1. The summed E-state index contributed by atoms with van der Waals surface area (Å²) < 4.78 is 17.9. The van der Waals surface area contributed by atoms with Crippen molar-refractivity contribution in [3.05, 3.63) is 66.2 Å². The standard InChI is InChI=1S/C31H33FN8O/c1-38-17-12-22(13-18-38)21-7-9-23(10-8-21)29-28(32)31(35-24-5-4-15-39(20-24)27(41)11-14-33)37-30(36-29)25-19-34-40-16-3-2-6-26(25)40/h2-3,6-10,16,19,22,24H,4-5,11-13,15,17-18,20H2,1H3,(H,35,36,37)/t24-/m1/s1. The van der Waals surface area contributed by atoms with Crippen LogP contribution in [0.3, 0.4) is 0 Å². The van der Waals surface area contributed by atoms with E-state index in [1.54, 1.807) is 15.6 Å². The lowest BCUT2D eigenvalue weighted by molar-refractivity contribution is -0.131. The molecule has 2 aliphatic heterocycles. The second kappa shape index (κ2) is 11.6. The Morgan fingerprint density at radius 3 is 2.68 bits per heavy atom. The van der Waals surface area contributed by atoms with Crippen LogP contribution in [0, 0.1) is 17.1 Å². The van der Waals surface area contributed by atoms with Crippen LogP contribution >= 0.6 is 0 Å². The third-order valence-corrected chi connectivity index (χ3v) is 8.24. The van der Waals surface area contributed by atoms with Crippen molar-refractivity contribution in [1.82, 2.24) is 29.4 Å². The first-order valence-electron chi connectivity index (χ1n) is 14.2. The summed E-state index contributed by atoms with van der Waals surface area (Å²) in [6.07, 6.45) is 7.12. The van der Waals surface area contributed by atoms with Gasteiger partial charge in [0.25, 0.3) is 0 Å². The topological polar surface area (TPSA) is 102 Å². The molecule has 3 aromatic heterocycles. The second-order valence-corrected chi connectivity index (χ2v) is 11.0. The first kappa shape index (κ1) is 26.8. The molecule has 41 heavy (non-hydrogen) atoms. The molecule has 210 valence electrons. The number of hydrogen-bond acceptors (Lipinski definition) is 7. The Labute approximate surface area is 238 Å². The van der Waals surface area contributed by atoms with Crippen LogP contribution in [0.25, 0.3) is 28.2 Å². The van der Waals surface area contributed by atoms with Gasteiger partial charge in [0.2, 0.25) is 5.91 Å². The van der Waals surface area contributed by atoms with Crippen molar-refractivity contribution >= 4 is 17.2 Å². The molecule has 2 fully saturated rings. The summed E-state index contributed by atoms with van der Waals surface area (Å²) in [6, 6.07) is 15.5. The summed E-state index contributed by atoms with van der Waals surface area (Å²) in [5.74, 6) is 0.231. The minimum Gasteiger partial charge on any atom is -0.363 e. The van der Waals surface area contributed by atoms with Crippen LogP contribution in [-0.2, 0) is 4.79 Å². The van der Waals surface area contributed by atoms with Crippen LogP contribution in [0.5, 0.6) is 0 Å². The molecule has 2 saturated heterocycles. The summed E-state index contributed by atoms with van der Waals surface area (Å²) in [7, 11) is 2.15. The van der Waals surface area contributed by atoms with Gasteiger partial charge < -0.3 is 15.1 Å². The largest absolute Gasteiger partial charge is 0.363 e. The maximum atomic E-state index is 16.2. The fraction of sp³-hybridized carbons (Fsp3) is 0.387. The van der Waals surface area contributed by atoms with Gasteiger partial charge in [-0.1, -0.05) is 30.3 Å². The molecule has 1 atom stereocenters. The van der Waals surface area contributed by atoms with E-state index in [2.05, 4.69) is 39.5 Å². The van der Waals surface area contributed by atoms with Gasteiger partial charge in [-0.15, -0.1) is 0 Å². The first-order valence-corrected chi connectivity index (χ1v) is 14.2. The Balaban J connectivity index is 1.35. The molecule has 5 heterocycles. The van der Waals surface area contributed by atoms with Crippen molar-refractivity contribution < 1.29 is 9.18 Å². The number of pyridine rings is 1. The van der Waals surface area contributed by atoms with Gasteiger partial charge in [-0.05, 0) is 69.4 Å². The van der Waals surface area contributed by atoms with E-state index in [4.69, 9.17) is 10.2 Å². The van der Waals surface area contributed by atoms with Crippen molar-refractivity contribution in [1.29, 1.82) is 5.26 Å². The van der Waals surface area contributed by atoms with Crippen LogP contribution in [0.4, 0.5) is 10.2 Å². The van der Waals surface area contributed by atoms with Gasteiger partial charge in [-0.25, -0.2) is 18.9 Å². The van der Waals surface area contributed by atoms with Gasteiger partial charge in [-0.2, -0.15) is 10.4 Å². The number of rotatable bonds is 6. The number of carbonyl (C=O) groups excluding carboxylic acids is 1. The average molecular weight is 553 g/mol. The zero-order valence-electron chi connectivity index (χ0n) is 23.1. The number of carbonyl (C=O) groups is 1. The highest BCUT2D eigenvalue weighted by atomic mass is 19.1. The highest BCUT2D eigenvalue weighted by molar-refractivity contribution is 5.79. The molecule has 1 N–H and O–H groups in total. The van der Waals surface area contributed by atoms with Gasteiger partial charge in [0, 0.05) is 30.9 Å². The number of nitrogens with zero attached hydrogens (tertiary/aromatic N) is 7. The van der Waals surface area contributed by atoms with Crippen LogP contribution < -0.4 is 5.32 Å². The molecule has 6 rings (SSSR count). The van der Waals surface area contributed by atoms with Crippen LogP contribution in [-0.4, -0.2) is 74.6 Å². The molecule has 0 spiro atoms. The number of nitrogens with one attached hydrogen (secondary N) is 1. The molecule has 1 aromatic carbocycles. The molecular weight excluding hydrogens is 519 g/mol. The van der Waals surface area contributed by atoms with E-state index in [-0.39, 0.29) is 29.9 Å². The highest BCUT2D eigenvalue weighted by Gasteiger charge is 2.27. The van der Waals surface area contributed by atoms with Gasteiger partial charge in [0.05, 0.1) is 23.3 Å². The van der Waals surface area contributed by atoms with E-state index in [1.165, 1.54) is 5.56 Å². The number of aromatic nitrogens is 4. The minimum absolute atomic E-state index is 0.0965. The van der Waals surface area contributed by atoms with E-state index in [0.717, 1.165) is 44.3 Å². The Hall–Kier alpha value is -4.36. The lowest BCUT2D eigenvalue weighted by Crippen LogP contribution is -2.45. The molecule has 2 aliphatic rings. The summed E-state index contributed by atoms with van der Waals surface area (Å²) in [5.41, 5.74) is 3.68. The fourth-order valence-electron chi connectivity index (χ4n) is 5.91. The Morgan fingerprint density at radius 2 is 1.90 bits per heavy atom. The summed E-state index contributed by atoms with van der Waals surface area (Å²) in [6.45, 7) is 3.13. The second-order valence-electron chi connectivity index (χ2n) is 11.0. The number of likely N-dealkylation sites (tertiary alicyclic amines) is 2. The minimum atomic E-state index is -0.530. The van der Waals surface area contributed by atoms with Crippen LogP contribution in [0.2, 0.25) is 0 Å². The van der Waals surface area contributed by atoms with Crippen molar-refractivity contribution in [2.75, 3.05) is 38.5 Å². The number of benzene rings is 1. The van der Waals surface area contributed by atoms with Crippen LogP contribution in [0.1, 0.15) is 43.6 Å². The first-order chi connectivity index (χ1) is 20.0. The lowest BCUT2D eigenvalue weighted by atomic mass is 9.89. The van der Waals surface area contributed by atoms with E-state index < -0.39 is 5.82 Å². The quantitative estimate of drug-likeness (QED) is 0.369. The molecular formula is C31H33FN8O. The molecule has 0 bridgehead atoms. The Morgan fingerprint density at radius 1 is 1.10 bits per heavy atom. The number of halogens is 1.